The largest absolute Gasteiger partial charge is 0.371 e. The lowest BCUT2D eigenvalue weighted by molar-refractivity contribution is 0.379. The predicted octanol–water partition coefficient (Wildman–Crippen LogP) is 0.247. The van der Waals surface area contributed by atoms with Crippen molar-refractivity contribution in [1.29, 1.82) is 0 Å². The van der Waals surface area contributed by atoms with Crippen LogP contribution in [0.25, 0.3) is 0 Å². The van der Waals surface area contributed by atoms with Crippen molar-refractivity contribution in [3.05, 3.63) is 26.4 Å². The van der Waals surface area contributed by atoms with Gasteiger partial charge < -0.3 is 4.74 Å². The quantitative estimate of drug-likeness (QED) is 0.575. The SMILES string of the molecule is O=c1c(I)cncn1C[C@@H]1CO1. The first-order valence-corrected chi connectivity index (χ1v) is 4.67. The molecule has 1 aromatic rings. The maximum absolute atomic E-state index is 11.4. The highest BCUT2D eigenvalue weighted by Gasteiger charge is 2.23. The Bertz CT molecular complexity index is 346. The Morgan fingerprint density at radius 1 is 1.83 bits per heavy atom. The summed E-state index contributed by atoms with van der Waals surface area (Å²) in [6.45, 7) is 1.39. The van der Waals surface area contributed by atoms with Gasteiger partial charge in [0.2, 0.25) is 0 Å². The van der Waals surface area contributed by atoms with E-state index in [4.69, 9.17) is 4.74 Å². The van der Waals surface area contributed by atoms with Crippen molar-refractivity contribution in [2.45, 2.75) is 12.6 Å². The number of halogens is 1. The molecule has 0 amide bonds. The van der Waals surface area contributed by atoms with Gasteiger partial charge in [0.15, 0.2) is 0 Å². The summed E-state index contributed by atoms with van der Waals surface area (Å²) in [5.41, 5.74) is 0.0149. The van der Waals surface area contributed by atoms with Gasteiger partial charge in [-0.2, -0.15) is 0 Å². The van der Waals surface area contributed by atoms with Crippen LogP contribution in [0, 0.1) is 3.57 Å². The molecule has 12 heavy (non-hydrogen) atoms. The second-order valence-electron chi connectivity index (χ2n) is 2.65. The van der Waals surface area contributed by atoms with Gasteiger partial charge in [0, 0.05) is 6.20 Å². The average Bonchev–Trinajstić information content (AvgIpc) is 2.83. The van der Waals surface area contributed by atoms with Gasteiger partial charge >= 0.3 is 0 Å². The van der Waals surface area contributed by atoms with Crippen molar-refractivity contribution in [3.8, 4) is 0 Å². The fourth-order valence-corrected chi connectivity index (χ4v) is 1.42. The Labute approximate surface area is 82.7 Å². The smallest absolute Gasteiger partial charge is 0.266 e. The van der Waals surface area contributed by atoms with Crippen LogP contribution >= 0.6 is 22.6 Å². The topological polar surface area (TPSA) is 47.4 Å². The zero-order valence-corrected chi connectivity index (χ0v) is 8.39. The van der Waals surface area contributed by atoms with Crippen molar-refractivity contribution in [2.24, 2.45) is 0 Å². The van der Waals surface area contributed by atoms with Gasteiger partial charge in [0.25, 0.3) is 5.56 Å². The predicted molar refractivity (Wildman–Crippen MR) is 51.0 cm³/mol. The van der Waals surface area contributed by atoms with Crippen molar-refractivity contribution in [1.82, 2.24) is 9.55 Å². The number of hydrogen-bond donors (Lipinski definition) is 0. The molecule has 0 radical (unpaired) electrons. The molecule has 1 fully saturated rings. The molecule has 2 rings (SSSR count). The van der Waals surface area contributed by atoms with Gasteiger partial charge in [-0.1, -0.05) is 0 Å². The van der Waals surface area contributed by atoms with Crippen LogP contribution < -0.4 is 5.56 Å². The number of aromatic nitrogens is 2. The van der Waals surface area contributed by atoms with Gasteiger partial charge in [-0.25, -0.2) is 4.98 Å². The molecular weight excluding hydrogens is 271 g/mol. The van der Waals surface area contributed by atoms with Crippen LogP contribution in [0.2, 0.25) is 0 Å². The summed E-state index contributed by atoms with van der Waals surface area (Å²) in [6, 6.07) is 0. The third kappa shape index (κ3) is 1.66. The van der Waals surface area contributed by atoms with Crippen molar-refractivity contribution >= 4 is 22.6 Å². The molecule has 0 unspecified atom stereocenters. The number of rotatable bonds is 2. The second kappa shape index (κ2) is 3.14. The van der Waals surface area contributed by atoms with Gasteiger partial charge in [0.05, 0.1) is 29.2 Å². The van der Waals surface area contributed by atoms with E-state index >= 15 is 0 Å². The maximum Gasteiger partial charge on any atom is 0.266 e. The molecular formula is C7H7IN2O2. The van der Waals surface area contributed by atoms with Crippen LogP contribution in [-0.2, 0) is 11.3 Å². The fraction of sp³-hybridized carbons (Fsp3) is 0.429. The first-order chi connectivity index (χ1) is 5.77. The number of hydrogen-bond acceptors (Lipinski definition) is 3. The van der Waals surface area contributed by atoms with Crippen molar-refractivity contribution in [2.75, 3.05) is 6.61 Å². The zero-order valence-electron chi connectivity index (χ0n) is 6.24. The molecule has 1 atom stereocenters. The Kier molecular flexibility index (Phi) is 2.14. The Morgan fingerprint density at radius 3 is 3.25 bits per heavy atom. The van der Waals surface area contributed by atoms with Crippen molar-refractivity contribution < 1.29 is 4.74 Å². The molecule has 2 heterocycles. The Morgan fingerprint density at radius 2 is 2.58 bits per heavy atom. The lowest BCUT2D eigenvalue weighted by Gasteiger charge is -2.00. The second-order valence-corrected chi connectivity index (χ2v) is 3.82. The van der Waals surface area contributed by atoms with Gasteiger partial charge in [-0.15, -0.1) is 0 Å². The minimum atomic E-state index is 0.0149. The highest BCUT2D eigenvalue weighted by atomic mass is 127. The number of nitrogens with zero attached hydrogens (tertiary/aromatic N) is 2. The minimum Gasteiger partial charge on any atom is -0.371 e. The van der Waals surface area contributed by atoms with E-state index in [0.29, 0.717) is 10.1 Å². The summed E-state index contributed by atoms with van der Waals surface area (Å²) < 4.78 is 7.25. The molecule has 1 saturated heterocycles. The summed E-state index contributed by atoms with van der Waals surface area (Å²) in [5, 5.41) is 0. The molecule has 0 bridgehead atoms. The molecule has 1 aromatic heterocycles. The molecule has 64 valence electrons. The van der Waals surface area contributed by atoms with Gasteiger partial charge in [0.1, 0.15) is 0 Å². The molecule has 0 aliphatic carbocycles. The average molecular weight is 278 g/mol. The fourth-order valence-electron chi connectivity index (χ4n) is 0.947. The van der Waals surface area contributed by atoms with Crippen LogP contribution in [0.1, 0.15) is 0 Å². The normalized spacial score (nSPS) is 20.9. The van der Waals surface area contributed by atoms with Crippen LogP contribution in [0.15, 0.2) is 17.3 Å². The van der Waals surface area contributed by atoms with Gasteiger partial charge in [-0.05, 0) is 22.6 Å². The van der Waals surface area contributed by atoms with E-state index in [1.807, 2.05) is 22.6 Å². The van der Waals surface area contributed by atoms with E-state index in [1.165, 1.54) is 0 Å². The van der Waals surface area contributed by atoms with Crippen LogP contribution in [0.3, 0.4) is 0 Å². The van der Waals surface area contributed by atoms with Crippen LogP contribution in [-0.4, -0.2) is 22.3 Å². The van der Waals surface area contributed by atoms with Crippen molar-refractivity contribution in [3.63, 3.8) is 0 Å². The van der Waals surface area contributed by atoms with E-state index in [2.05, 4.69) is 4.98 Å². The molecule has 0 aromatic carbocycles. The third-order valence-corrected chi connectivity index (χ3v) is 2.40. The zero-order chi connectivity index (χ0) is 8.55. The van der Waals surface area contributed by atoms with Gasteiger partial charge in [-0.3, -0.25) is 9.36 Å². The van der Waals surface area contributed by atoms with E-state index in [9.17, 15) is 4.79 Å². The van der Waals surface area contributed by atoms with Crippen LogP contribution in [0.5, 0.6) is 0 Å². The highest BCUT2D eigenvalue weighted by Crippen LogP contribution is 2.10. The Balaban J connectivity index is 2.29. The Hall–Kier alpha value is -0.430. The summed E-state index contributed by atoms with van der Waals surface area (Å²) in [4.78, 5) is 15.3. The molecule has 0 spiro atoms. The molecule has 0 saturated carbocycles. The van der Waals surface area contributed by atoms with Crippen LogP contribution in [0.4, 0.5) is 0 Å². The van der Waals surface area contributed by atoms with E-state index < -0.39 is 0 Å². The lowest BCUT2D eigenvalue weighted by Crippen LogP contribution is -2.24. The first-order valence-electron chi connectivity index (χ1n) is 3.59. The maximum atomic E-state index is 11.4. The first kappa shape index (κ1) is 8.18. The van der Waals surface area contributed by atoms with E-state index in [1.54, 1.807) is 17.1 Å². The number of epoxide rings is 1. The van der Waals surface area contributed by atoms with E-state index in [0.717, 1.165) is 6.61 Å². The lowest BCUT2D eigenvalue weighted by atomic mass is 10.4. The standard InChI is InChI=1S/C7H7IN2O2/c8-6-1-9-4-10(7(6)11)2-5-3-12-5/h1,4-5H,2-3H2/t5-/m1/s1. The summed E-state index contributed by atoms with van der Waals surface area (Å²) in [7, 11) is 0. The van der Waals surface area contributed by atoms with E-state index in [-0.39, 0.29) is 11.7 Å². The summed E-state index contributed by atoms with van der Waals surface area (Å²) >= 11 is 1.98. The third-order valence-electron chi connectivity index (χ3n) is 1.66. The molecule has 0 N–H and O–H groups in total. The molecule has 1 aliphatic heterocycles. The number of ether oxygens (including phenoxy) is 1. The molecule has 5 heteroatoms. The summed E-state index contributed by atoms with van der Waals surface area (Å²) in [6.07, 6.45) is 3.34. The summed E-state index contributed by atoms with van der Waals surface area (Å²) in [5.74, 6) is 0. The minimum absolute atomic E-state index is 0.0149. The molecule has 4 nitrogen and oxygen atoms in total. The highest BCUT2D eigenvalue weighted by molar-refractivity contribution is 14.1. The monoisotopic (exact) mass is 278 g/mol. The molecule has 1 aliphatic rings.